The van der Waals surface area contributed by atoms with Crippen molar-refractivity contribution < 1.29 is 14.7 Å². The van der Waals surface area contributed by atoms with Crippen LogP contribution in [-0.2, 0) is 4.79 Å². The van der Waals surface area contributed by atoms with Gasteiger partial charge in [-0.15, -0.1) is 0 Å². The van der Waals surface area contributed by atoms with Crippen molar-refractivity contribution in [1.29, 1.82) is 0 Å². The molecule has 0 aliphatic carbocycles. The summed E-state index contributed by atoms with van der Waals surface area (Å²) >= 11 is 5.90. The summed E-state index contributed by atoms with van der Waals surface area (Å²) in [5.41, 5.74) is 1.38. The first-order chi connectivity index (χ1) is 13.0. The number of rotatable bonds is 6. The van der Waals surface area contributed by atoms with Gasteiger partial charge in [-0.25, -0.2) is 4.68 Å². The Bertz CT molecular complexity index is 798. The fourth-order valence-electron chi connectivity index (χ4n) is 3.46. The molecule has 0 radical (unpaired) electrons. The third-order valence-electron chi connectivity index (χ3n) is 4.93. The van der Waals surface area contributed by atoms with Gasteiger partial charge in [-0.1, -0.05) is 18.5 Å². The fraction of sp³-hybridized carbons (Fsp3) is 0.421. The molecule has 2 heterocycles. The number of likely N-dealkylation sites (N-methyl/N-ethyl adjacent to an activating group) is 1. The van der Waals surface area contributed by atoms with Gasteiger partial charge in [0.1, 0.15) is 0 Å². The van der Waals surface area contributed by atoms with Crippen molar-refractivity contribution in [1.82, 2.24) is 19.6 Å². The second-order valence-corrected chi connectivity index (χ2v) is 7.07. The molecule has 144 valence electrons. The average molecular weight is 391 g/mol. The zero-order valence-corrected chi connectivity index (χ0v) is 16.0. The zero-order valence-electron chi connectivity index (χ0n) is 15.2. The lowest BCUT2D eigenvalue weighted by Crippen LogP contribution is -2.48. The standard InChI is InChI=1S/C19H23ClN4O3/c1-2-22(13-18(25)26)16-7-9-23(10-8-16)19(27)14-11-21-24(12-14)17-5-3-15(20)4-6-17/h3-6,11-12,16H,2,7-10,13H2,1H3,(H,25,26). The number of aromatic nitrogens is 2. The molecule has 1 fully saturated rings. The van der Waals surface area contributed by atoms with Crippen molar-refractivity contribution in [2.24, 2.45) is 0 Å². The highest BCUT2D eigenvalue weighted by molar-refractivity contribution is 6.30. The number of likely N-dealkylation sites (tertiary alicyclic amines) is 1. The average Bonchev–Trinajstić information content (AvgIpc) is 3.16. The third kappa shape index (κ3) is 4.67. The summed E-state index contributed by atoms with van der Waals surface area (Å²) in [5, 5.41) is 13.9. The van der Waals surface area contributed by atoms with Crippen LogP contribution in [0.3, 0.4) is 0 Å². The van der Waals surface area contributed by atoms with Gasteiger partial charge in [-0.3, -0.25) is 14.5 Å². The maximum absolute atomic E-state index is 12.8. The van der Waals surface area contributed by atoms with Crippen LogP contribution in [0.1, 0.15) is 30.1 Å². The number of hydrogen-bond acceptors (Lipinski definition) is 4. The van der Waals surface area contributed by atoms with Crippen LogP contribution in [-0.4, -0.2) is 68.8 Å². The van der Waals surface area contributed by atoms with Crippen LogP contribution >= 0.6 is 11.6 Å². The summed E-state index contributed by atoms with van der Waals surface area (Å²) in [6, 6.07) is 7.45. The number of aliphatic carboxylic acids is 1. The number of piperidine rings is 1. The number of carbonyl (C=O) groups is 2. The minimum absolute atomic E-state index is 0.0446. The molecule has 1 aromatic heterocycles. The molecule has 3 rings (SSSR count). The second-order valence-electron chi connectivity index (χ2n) is 6.63. The minimum Gasteiger partial charge on any atom is -0.480 e. The molecule has 1 amide bonds. The lowest BCUT2D eigenvalue weighted by atomic mass is 10.0. The van der Waals surface area contributed by atoms with Crippen molar-refractivity contribution >= 4 is 23.5 Å². The monoisotopic (exact) mass is 390 g/mol. The number of carboxylic acids is 1. The van der Waals surface area contributed by atoms with Gasteiger partial charge in [-0.2, -0.15) is 5.10 Å². The fourth-order valence-corrected chi connectivity index (χ4v) is 3.58. The number of hydrogen-bond donors (Lipinski definition) is 1. The van der Waals surface area contributed by atoms with Crippen molar-refractivity contribution in [2.75, 3.05) is 26.2 Å². The van der Waals surface area contributed by atoms with Gasteiger partial charge < -0.3 is 10.0 Å². The summed E-state index contributed by atoms with van der Waals surface area (Å²) < 4.78 is 1.65. The van der Waals surface area contributed by atoms with E-state index in [1.54, 1.807) is 29.2 Å². The number of carboxylic acid groups (broad SMARTS) is 1. The molecular weight excluding hydrogens is 368 g/mol. The zero-order chi connectivity index (χ0) is 19.4. The Morgan fingerprint density at radius 1 is 1.26 bits per heavy atom. The van der Waals surface area contributed by atoms with Gasteiger partial charge in [0, 0.05) is 30.4 Å². The molecule has 1 aliphatic heterocycles. The molecule has 1 N–H and O–H groups in total. The number of benzene rings is 1. The molecule has 7 nitrogen and oxygen atoms in total. The quantitative estimate of drug-likeness (QED) is 0.820. The largest absolute Gasteiger partial charge is 0.480 e. The Morgan fingerprint density at radius 3 is 2.52 bits per heavy atom. The first kappa shape index (κ1) is 19.4. The van der Waals surface area contributed by atoms with Gasteiger partial charge in [-0.05, 0) is 43.7 Å². The molecule has 1 aromatic carbocycles. The summed E-state index contributed by atoms with van der Waals surface area (Å²) in [7, 11) is 0. The minimum atomic E-state index is -0.815. The summed E-state index contributed by atoms with van der Waals surface area (Å²) in [5.74, 6) is -0.861. The Hall–Kier alpha value is -2.38. The molecule has 2 aromatic rings. The SMILES string of the molecule is CCN(CC(=O)O)C1CCN(C(=O)c2cnn(-c3ccc(Cl)cc3)c2)CC1. The van der Waals surface area contributed by atoms with Crippen molar-refractivity contribution in [2.45, 2.75) is 25.8 Å². The lowest BCUT2D eigenvalue weighted by Gasteiger charge is -2.37. The molecule has 1 aliphatic rings. The van der Waals surface area contributed by atoms with Crippen LogP contribution in [0.4, 0.5) is 0 Å². The first-order valence-electron chi connectivity index (χ1n) is 9.03. The molecule has 0 atom stereocenters. The van der Waals surface area contributed by atoms with Crippen LogP contribution in [0, 0.1) is 0 Å². The molecule has 27 heavy (non-hydrogen) atoms. The van der Waals surface area contributed by atoms with E-state index in [1.807, 2.05) is 28.9 Å². The molecule has 0 unspecified atom stereocenters. The van der Waals surface area contributed by atoms with Gasteiger partial charge in [0.15, 0.2) is 0 Å². The smallest absolute Gasteiger partial charge is 0.317 e. The maximum atomic E-state index is 12.8. The van der Waals surface area contributed by atoms with Crippen LogP contribution in [0.2, 0.25) is 5.02 Å². The van der Waals surface area contributed by atoms with Crippen LogP contribution < -0.4 is 0 Å². The Balaban J connectivity index is 1.61. The number of amides is 1. The van der Waals surface area contributed by atoms with E-state index in [2.05, 4.69) is 5.10 Å². The van der Waals surface area contributed by atoms with E-state index in [1.165, 1.54) is 0 Å². The summed E-state index contributed by atoms with van der Waals surface area (Å²) in [4.78, 5) is 27.5. The van der Waals surface area contributed by atoms with E-state index in [4.69, 9.17) is 16.7 Å². The van der Waals surface area contributed by atoms with Gasteiger partial charge in [0.2, 0.25) is 0 Å². The highest BCUT2D eigenvalue weighted by atomic mass is 35.5. The Kier molecular flexibility index (Phi) is 6.13. The van der Waals surface area contributed by atoms with Crippen LogP contribution in [0.25, 0.3) is 5.69 Å². The summed E-state index contributed by atoms with van der Waals surface area (Å²) in [6.45, 7) is 3.94. The Morgan fingerprint density at radius 2 is 1.93 bits per heavy atom. The van der Waals surface area contributed by atoms with Gasteiger partial charge in [0.25, 0.3) is 5.91 Å². The van der Waals surface area contributed by atoms with Crippen molar-refractivity contribution in [3.63, 3.8) is 0 Å². The highest BCUT2D eigenvalue weighted by Crippen LogP contribution is 2.19. The molecule has 8 heteroatoms. The van der Waals surface area contributed by atoms with Crippen molar-refractivity contribution in [3.8, 4) is 5.69 Å². The summed E-state index contributed by atoms with van der Waals surface area (Å²) in [6.07, 6.45) is 4.85. The highest BCUT2D eigenvalue weighted by Gasteiger charge is 2.28. The van der Waals surface area contributed by atoms with Gasteiger partial charge in [0.05, 0.1) is 24.0 Å². The van der Waals surface area contributed by atoms with Crippen LogP contribution in [0.15, 0.2) is 36.7 Å². The third-order valence-corrected chi connectivity index (χ3v) is 5.19. The molecular formula is C19H23ClN4O3. The normalized spacial score (nSPS) is 15.3. The van der Waals surface area contributed by atoms with E-state index in [0.29, 0.717) is 30.2 Å². The van der Waals surface area contributed by atoms with Crippen LogP contribution in [0.5, 0.6) is 0 Å². The lowest BCUT2D eigenvalue weighted by molar-refractivity contribution is -0.139. The second kappa shape index (κ2) is 8.54. The van der Waals surface area contributed by atoms with E-state index in [0.717, 1.165) is 18.5 Å². The Labute approximate surface area is 163 Å². The molecule has 0 bridgehead atoms. The van der Waals surface area contributed by atoms with E-state index < -0.39 is 5.97 Å². The predicted molar refractivity (Wildman–Crippen MR) is 102 cm³/mol. The topological polar surface area (TPSA) is 78.7 Å². The number of halogens is 1. The molecule has 0 spiro atoms. The molecule has 0 saturated carbocycles. The number of carbonyl (C=O) groups excluding carboxylic acids is 1. The molecule has 1 saturated heterocycles. The number of nitrogens with zero attached hydrogens (tertiary/aromatic N) is 4. The van der Waals surface area contributed by atoms with E-state index >= 15 is 0 Å². The van der Waals surface area contributed by atoms with Gasteiger partial charge >= 0.3 is 5.97 Å². The maximum Gasteiger partial charge on any atom is 0.317 e. The first-order valence-corrected chi connectivity index (χ1v) is 9.41. The van der Waals surface area contributed by atoms with Crippen molar-refractivity contribution in [3.05, 3.63) is 47.2 Å². The van der Waals surface area contributed by atoms with E-state index in [9.17, 15) is 9.59 Å². The predicted octanol–water partition coefficient (Wildman–Crippen LogP) is 2.54. The van der Waals surface area contributed by atoms with E-state index in [-0.39, 0.29) is 18.5 Å².